The highest BCUT2D eigenvalue weighted by atomic mass is 19.3. The van der Waals surface area contributed by atoms with Crippen molar-refractivity contribution in [2.45, 2.75) is 13.5 Å². The van der Waals surface area contributed by atoms with E-state index in [9.17, 15) is 13.6 Å². The van der Waals surface area contributed by atoms with Crippen molar-refractivity contribution in [2.24, 2.45) is 0 Å². The molecular formula is C16H13F2N3O3. The van der Waals surface area contributed by atoms with Crippen molar-refractivity contribution < 1.29 is 18.3 Å². The number of H-pyrrole nitrogens is 1. The second-order valence-corrected chi connectivity index (χ2v) is 4.98. The number of aromatic amines is 1. The van der Waals surface area contributed by atoms with Gasteiger partial charge in [-0.15, -0.1) is 0 Å². The third-order valence-corrected chi connectivity index (χ3v) is 3.34. The monoisotopic (exact) mass is 333 g/mol. The van der Waals surface area contributed by atoms with Gasteiger partial charge < -0.3 is 14.5 Å². The average Bonchev–Trinajstić information content (AvgIpc) is 2.53. The van der Waals surface area contributed by atoms with Crippen LogP contribution >= 0.6 is 0 Å². The highest BCUT2D eigenvalue weighted by molar-refractivity contribution is 5.83. The van der Waals surface area contributed by atoms with Crippen LogP contribution in [-0.2, 0) is 0 Å². The summed E-state index contributed by atoms with van der Waals surface area (Å²) >= 11 is 0. The number of benzene rings is 1. The Bertz CT molecular complexity index is 957. The van der Waals surface area contributed by atoms with Gasteiger partial charge in [0.25, 0.3) is 5.56 Å². The fourth-order valence-corrected chi connectivity index (χ4v) is 2.29. The molecule has 6 nitrogen and oxygen atoms in total. The van der Waals surface area contributed by atoms with Crippen LogP contribution in [0.15, 0.2) is 35.1 Å². The molecule has 0 saturated heterocycles. The number of aryl methyl sites for hydroxylation is 1. The number of aromatic nitrogens is 3. The van der Waals surface area contributed by atoms with Gasteiger partial charge in [0.2, 0.25) is 0 Å². The molecule has 0 atom stereocenters. The maximum absolute atomic E-state index is 12.5. The summed E-state index contributed by atoms with van der Waals surface area (Å²) in [6.07, 6.45) is 0. The largest absolute Gasteiger partial charge is 0.493 e. The van der Waals surface area contributed by atoms with Gasteiger partial charge in [-0.2, -0.15) is 8.78 Å². The molecule has 3 rings (SSSR count). The summed E-state index contributed by atoms with van der Waals surface area (Å²) in [7, 11) is 1.30. The Balaban J connectivity index is 2.21. The number of alkyl halides is 2. The third kappa shape index (κ3) is 3.03. The van der Waals surface area contributed by atoms with Crippen LogP contribution in [0.2, 0.25) is 0 Å². The number of methoxy groups -OCH3 is 1. The van der Waals surface area contributed by atoms with Crippen LogP contribution < -0.4 is 15.0 Å². The molecule has 0 amide bonds. The lowest BCUT2D eigenvalue weighted by atomic mass is 10.2. The van der Waals surface area contributed by atoms with Crippen LogP contribution in [-0.4, -0.2) is 28.7 Å². The number of ether oxygens (including phenoxy) is 2. The summed E-state index contributed by atoms with van der Waals surface area (Å²) < 4.78 is 34.5. The van der Waals surface area contributed by atoms with Gasteiger partial charge in [-0.05, 0) is 25.1 Å². The van der Waals surface area contributed by atoms with Gasteiger partial charge in [0.05, 0.1) is 18.0 Å². The molecule has 0 saturated carbocycles. The molecule has 0 aliphatic rings. The van der Waals surface area contributed by atoms with Crippen molar-refractivity contribution in [3.05, 3.63) is 46.4 Å². The third-order valence-electron chi connectivity index (χ3n) is 3.34. The first-order chi connectivity index (χ1) is 11.5. The summed E-state index contributed by atoms with van der Waals surface area (Å²) in [6, 6.07) is 7.84. The zero-order chi connectivity index (χ0) is 17.3. The predicted octanol–water partition coefficient (Wildman–Crippen LogP) is 2.90. The Morgan fingerprint density at radius 1 is 1.17 bits per heavy atom. The van der Waals surface area contributed by atoms with E-state index in [1.54, 1.807) is 12.1 Å². The minimum Gasteiger partial charge on any atom is -0.493 e. The van der Waals surface area contributed by atoms with E-state index >= 15 is 0 Å². The van der Waals surface area contributed by atoms with Crippen molar-refractivity contribution in [3.63, 3.8) is 0 Å². The fourth-order valence-electron chi connectivity index (χ4n) is 2.29. The molecule has 8 heteroatoms. The summed E-state index contributed by atoms with van der Waals surface area (Å²) in [5, 5.41) is 0.199. The van der Waals surface area contributed by atoms with Gasteiger partial charge in [0.15, 0.2) is 17.3 Å². The Kier molecular flexibility index (Phi) is 4.11. The van der Waals surface area contributed by atoms with Crippen molar-refractivity contribution in [1.29, 1.82) is 0 Å². The maximum atomic E-state index is 12.5. The lowest BCUT2D eigenvalue weighted by Gasteiger charge is -2.11. The van der Waals surface area contributed by atoms with E-state index in [-0.39, 0.29) is 28.2 Å². The maximum Gasteiger partial charge on any atom is 0.387 e. The molecule has 0 aliphatic heterocycles. The van der Waals surface area contributed by atoms with E-state index in [0.29, 0.717) is 5.69 Å². The van der Waals surface area contributed by atoms with Crippen LogP contribution in [0, 0.1) is 6.92 Å². The lowest BCUT2D eigenvalue weighted by Crippen LogP contribution is -2.11. The molecule has 24 heavy (non-hydrogen) atoms. The van der Waals surface area contributed by atoms with Crippen LogP contribution in [0.3, 0.4) is 0 Å². The van der Waals surface area contributed by atoms with E-state index in [1.165, 1.54) is 19.2 Å². The molecule has 2 aromatic heterocycles. The predicted molar refractivity (Wildman–Crippen MR) is 83.5 cm³/mol. The number of hydrogen-bond acceptors (Lipinski definition) is 5. The zero-order valence-electron chi connectivity index (χ0n) is 12.8. The standard InChI is InChI=1S/C16H13F2N3O3/c1-8-4-3-5-10(19-8)14-20-11-7-13(24-16(17)18)12(23-2)6-9(11)15(22)21-14/h3-7,16H,1-2H3,(H,20,21,22). The first kappa shape index (κ1) is 15.9. The van der Waals surface area contributed by atoms with Gasteiger partial charge in [0, 0.05) is 11.8 Å². The normalized spacial score (nSPS) is 11.0. The van der Waals surface area contributed by atoms with Crippen LogP contribution in [0.5, 0.6) is 11.5 Å². The van der Waals surface area contributed by atoms with Crippen molar-refractivity contribution >= 4 is 10.9 Å². The molecular weight excluding hydrogens is 320 g/mol. The highest BCUT2D eigenvalue weighted by Crippen LogP contribution is 2.32. The first-order valence-electron chi connectivity index (χ1n) is 6.99. The smallest absolute Gasteiger partial charge is 0.387 e. The Hall–Kier alpha value is -3.03. The van der Waals surface area contributed by atoms with Crippen LogP contribution in [0.25, 0.3) is 22.4 Å². The minimum absolute atomic E-state index is 0.0246. The van der Waals surface area contributed by atoms with Crippen LogP contribution in [0.4, 0.5) is 8.78 Å². The van der Waals surface area contributed by atoms with Gasteiger partial charge >= 0.3 is 6.61 Å². The molecule has 0 spiro atoms. The number of halogens is 2. The summed E-state index contributed by atoms with van der Waals surface area (Å²) in [5.74, 6) is 0.0714. The first-order valence-corrected chi connectivity index (χ1v) is 6.99. The molecule has 1 aromatic carbocycles. The molecule has 0 fully saturated rings. The summed E-state index contributed by atoms with van der Waals surface area (Å²) in [4.78, 5) is 23.5. The number of fused-ring (bicyclic) bond motifs is 1. The Morgan fingerprint density at radius 2 is 1.96 bits per heavy atom. The van der Waals surface area contributed by atoms with E-state index in [2.05, 4.69) is 19.7 Å². The number of nitrogens with zero attached hydrogens (tertiary/aromatic N) is 2. The quantitative estimate of drug-likeness (QED) is 0.794. The molecule has 1 N–H and O–H groups in total. The van der Waals surface area contributed by atoms with E-state index in [4.69, 9.17) is 4.74 Å². The molecule has 0 radical (unpaired) electrons. The Morgan fingerprint density at radius 3 is 2.62 bits per heavy atom. The highest BCUT2D eigenvalue weighted by Gasteiger charge is 2.15. The zero-order valence-corrected chi connectivity index (χ0v) is 12.8. The van der Waals surface area contributed by atoms with Gasteiger partial charge in [-0.1, -0.05) is 6.07 Å². The number of nitrogens with one attached hydrogen (secondary N) is 1. The molecule has 2 heterocycles. The van der Waals surface area contributed by atoms with Gasteiger partial charge in [0.1, 0.15) is 5.69 Å². The summed E-state index contributed by atoms with van der Waals surface area (Å²) in [6.45, 7) is -1.21. The average molecular weight is 333 g/mol. The molecule has 0 aliphatic carbocycles. The Labute approximate surface area is 135 Å². The molecule has 3 aromatic rings. The number of hydrogen-bond donors (Lipinski definition) is 1. The second-order valence-electron chi connectivity index (χ2n) is 4.98. The van der Waals surface area contributed by atoms with Crippen molar-refractivity contribution in [2.75, 3.05) is 7.11 Å². The van der Waals surface area contributed by atoms with Crippen molar-refractivity contribution in [1.82, 2.24) is 15.0 Å². The van der Waals surface area contributed by atoms with Gasteiger partial charge in [-0.25, -0.2) is 9.97 Å². The SMILES string of the molecule is COc1cc2c(=O)[nH]c(-c3cccc(C)n3)nc2cc1OC(F)F. The van der Waals surface area contributed by atoms with Gasteiger partial charge in [-0.3, -0.25) is 4.79 Å². The van der Waals surface area contributed by atoms with Crippen molar-refractivity contribution in [3.8, 4) is 23.0 Å². The molecule has 0 unspecified atom stereocenters. The topological polar surface area (TPSA) is 77.1 Å². The second kappa shape index (κ2) is 6.23. The molecule has 124 valence electrons. The van der Waals surface area contributed by atoms with E-state index in [0.717, 1.165) is 5.69 Å². The summed E-state index contributed by atoms with van der Waals surface area (Å²) in [5.41, 5.74) is 1.00. The fraction of sp³-hybridized carbons (Fsp3) is 0.188. The number of rotatable bonds is 4. The van der Waals surface area contributed by atoms with E-state index in [1.807, 2.05) is 13.0 Å². The van der Waals surface area contributed by atoms with Crippen LogP contribution in [0.1, 0.15) is 5.69 Å². The minimum atomic E-state index is -3.02. The van der Waals surface area contributed by atoms with E-state index < -0.39 is 12.2 Å². The number of pyridine rings is 1. The lowest BCUT2D eigenvalue weighted by molar-refractivity contribution is -0.0511. The molecule has 0 bridgehead atoms.